The van der Waals surface area contributed by atoms with Crippen LogP contribution in [0.25, 0.3) is 11.0 Å². The third-order valence-corrected chi connectivity index (χ3v) is 4.34. The Morgan fingerprint density at radius 2 is 2.05 bits per heavy atom. The normalized spacial score (nSPS) is 18.2. The van der Waals surface area contributed by atoms with Gasteiger partial charge in [-0.25, -0.2) is 0 Å². The van der Waals surface area contributed by atoms with E-state index in [4.69, 9.17) is 9.72 Å². The van der Waals surface area contributed by atoms with Crippen molar-refractivity contribution in [1.82, 2.24) is 19.4 Å². The maximum Gasteiger partial charge on any atom is 0.310 e. The topological polar surface area (TPSA) is 39.1 Å². The maximum atomic E-state index is 5.56. The monoisotopic (exact) mass is 289 g/mol. The SMILES string of the molecule is CCOCCn1c([N+]2(C)CCNCC2)nc2ccccc21. The summed E-state index contributed by atoms with van der Waals surface area (Å²) >= 11 is 0. The molecule has 1 saturated heterocycles. The average molecular weight is 289 g/mol. The first-order chi connectivity index (χ1) is 10.2. The van der Waals surface area contributed by atoms with E-state index in [1.54, 1.807) is 0 Å². The van der Waals surface area contributed by atoms with E-state index in [0.29, 0.717) is 0 Å². The van der Waals surface area contributed by atoms with E-state index in [1.165, 1.54) is 5.52 Å². The lowest BCUT2D eigenvalue weighted by Crippen LogP contribution is -2.58. The Kier molecular flexibility index (Phi) is 4.24. The fourth-order valence-corrected chi connectivity index (χ4v) is 3.08. The van der Waals surface area contributed by atoms with E-state index >= 15 is 0 Å². The van der Waals surface area contributed by atoms with Crippen molar-refractivity contribution in [2.45, 2.75) is 13.5 Å². The summed E-state index contributed by atoms with van der Waals surface area (Å²) in [5, 5.41) is 3.44. The second kappa shape index (κ2) is 6.13. The molecule has 21 heavy (non-hydrogen) atoms. The van der Waals surface area contributed by atoms with Crippen molar-refractivity contribution in [2.75, 3.05) is 46.4 Å². The highest BCUT2D eigenvalue weighted by Crippen LogP contribution is 2.26. The highest BCUT2D eigenvalue weighted by atomic mass is 16.5. The van der Waals surface area contributed by atoms with Crippen molar-refractivity contribution in [3.8, 4) is 0 Å². The third kappa shape index (κ3) is 2.81. The van der Waals surface area contributed by atoms with E-state index in [2.05, 4.69) is 41.2 Å². The number of aromatic nitrogens is 2. The van der Waals surface area contributed by atoms with Crippen molar-refractivity contribution < 1.29 is 4.74 Å². The van der Waals surface area contributed by atoms with Gasteiger partial charge in [-0.2, -0.15) is 4.98 Å². The largest absolute Gasteiger partial charge is 0.380 e. The minimum absolute atomic E-state index is 0.738. The first kappa shape index (κ1) is 14.5. The van der Waals surface area contributed by atoms with Gasteiger partial charge >= 0.3 is 5.95 Å². The zero-order valence-corrected chi connectivity index (χ0v) is 13.0. The molecule has 1 aliphatic heterocycles. The van der Waals surface area contributed by atoms with Crippen LogP contribution in [-0.4, -0.2) is 56.0 Å². The fourth-order valence-electron chi connectivity index (χ4n) is 3.08. The van der Waals surface area contributed by atoms with E-state index in [1.807, 2.05) is 6.92 Å². The van der Waals surface area contributed by atoms with Crippen LogP contribution < -0.4 is 9.80 Å². The van der Waals surface area contributed by atoms with Crippen LogP contribution in [0.4, 0.5) is 5.95 Å². The van der Waals surface area contributed by atoms with Gasteiger partial charge in [0.15, 0.2) is 0 Å². The van der Waals surface area contributed by atoms with Crippen LogP contribution in [0.3, 0.4) is 0 Å². The zero-order chi connectivity index (χ0) is 14.7. The summed E-state index contributed by atoms with van der Waals surface area (Å²) in [5.41, 5.74) is 2.30. The molecule has 0 aliphatic carbocycles. The van der Waals surface area contributed by atoms with Crippen LogP contribution in [0.5, 0.6) is 0 Å². The molecule has 0 saturated carbocycles. The number of nitrogens with zero attached hydrogens (tertiary/aromatic N) is 3. The molecule has 1 fully saturated rings. The first-order valence-corrected chi connectivity index (χ1v) is 7.83. The van der Waals surface area contributed by atoms with E-state index < -0.39 is 0 Å². The summed E-state index contributed by atoms with van der Waals surface area (Å²) in [7, 11) is 2.29. The van der Waals surface area contributed by atoms with Gasteiger partial charge in [-0.05, 0) is 19.1 Å². The Labute approximate surface area is 126 Å². The van der Waals surface area contributed by atoms with E-state index in [9.17, 15) is 0 Å². The average Bonchev–Trinajstić information content (AvgIpc) is 2.88. The molecule has 1 aromatic heterocycles. The highest BCUT2D eigenvalue weighted by molar-refractivity contribution is 5.78. The molecule has 1 aliphatic rings. The lowest BCUT2D eigenvalue weighted by molar-refractivity contribution is 0.138. The van der Waals surface area contributed by atoms with Crippen molar-refractivity contribution in [3.05, 3.63) is 24.3 Å². The van der Waals surface area contributed by atoms with Crippen LogP contribution in [0.2, 0.25) is 0 Å². The first-order valence-electron chi connectivity index (χ1n) is 7.83. The van der Waals surface area contributed by atoms with Crippen LogP contribution in [-0.2, 0) is 11.3 Å². The van der Waals surface area contributed by atoms with Gasteiger partial charge in [-0.15, -0.1) is 0 Å². The molecule has 5 heteroatoms. The molecule has 3 rings (SSSR count). The molecular formula is C16H25N4O+. The summed E-state index contributed by atoms with van der Waals surface area (Å²) < 4.78 is 8.80. The van der Waals surface area contributed by atoms with Crippen molar-refractivity contribution in [3.63, 3.8) is 0 Å². The number of rotatable bonds is 5. The molecule has 0 bridgehead atoms. The van der Waals surface area contributed by atoms with Gasteiger partial charge in [0.05, 0.1) is 44.3 Å². The number of hydrogen-bond donors (Lipinski definition) is 1. The molecule has 2 heterocycles. The lowest BCUT2D eigenvalue weighted by atomic mass is 10.3. The van der Waals surface area contributed by atoms with Crippen molar-refractivity contribution >= 4 is 17.0 Å². The van der Waals surface area contributed by atoms with Crippen molar-refractivity contribution in [1.29, 1.82) is 0 Å². The summed E-state index contributed by atoms with van der Waals surface area (Å²) in [6, 6.07) is 8.41. The van der Waals surface area contributed by atoms with Gasteiger partial charge in [0.1, 0.15) is 0 Å². The second-order valence-corrected chi connectivity index (χ2v) is 5.84. The van der Waals surface area contributed by atoms with Crippen molar-refractivity contribution in [2.24, 2.45) is 0 Å². The van der Waals surface area contributed by atoms with E-state index in [0.717, 1.165) is 61.9 Å². The summed E-state index contributed by atoms with van der Waals surface area (Å²) in [6.07, 6.45) is 0. The Balaban J connectivity index is 2.01. The number of hydrogen-bond acceptors (Lipinski definition) is 3. The molecule has 0 radical (unpaired) electrons. The van der Waals surface area contributed by atoms with Crippen LogP contribution in [0.1, 0.15) is 6.92 Å². The number of piperazine rings is 1. The Bertz CT molecular complexity index is 601. The molecule has 1 aromatic carbocycles. The van der Waals surface area contributed by atoms with Gasteiger partial charge in [0.25, 0.3) is 0 Å². The maximum absolute atomic E-state index is 5.56. The zero-order valence-electron chi connectivity index (χ0n) is 13.0. The standard InChI is InChI=1S/C16H25N4O/c1-3-21-13-10-19-15-7-5-4-6-14(15)18-16(19)20(2)11-8-17-9-12-20/h4-7,17H,3,8-13H2,1-2H3/q+1. The Morgan fingerprint density at radius 3 is 2.81 bits per heavy atom. The van der Waals surface area contributed by atoms with Crippen LogP contribution in [0, 0.1) is 0 Å². The minimum Gasteiger partial charge on any atom is -0.380 e. The minimum atomic E-state index is 0.738. The molecule has 2 aromatic rings. The number of imidazole rings is 1. The number of nitrogens with one attached hydrogen (secondary N) is 1. The molecule has 114 valence electrons. The van der Waals surface area contributed by atoms with E-state index in [-0.39, 0.29) is 0 Å². The van der Waals surface area contributed by atoms with Gasteiger partial charge < -0.3 is 10.1 Å². The van der Waals surface area contributed by atoms with Gasteiger partial charge in [-0.1, -0.05) is 12.1 Å². The fraction of sp³-hybridized carbons (Fsp3) is 0.562. The molecule has 0 unspecified atom stereocenters. The number of quaternary nitrogens is 1. The highest BCUT2D eigenvalue weighted by Gasteiger charge is 2.33. The molecule has 0 spiro atoms. The van der Waals surface area contributed by atoms with Gasteiger partial charge in [-0.3, -0.25) is 9.05 Å². The van der Waals surface area contributed by atoms with Crippen LogP contribution in [0.15, 0.2) is 24.3 Å². The predicted octanol–water partition coefficient (Wildman–Crippen LogP) is 1.61. The predicted molar refractivity (Wildman–Crippen MR) is 86.5 cm³/mol. The number of ether oxygens (including phenoxy) is 1. The third-order valence-electron chi connectivity index (χ3n) is 4.34. The Morgan fingerprint density at radius 1 is 1.29 bits per heavy atom. The number of likely N-dealkylation sites (N-methyl/N-ethyl adjacent to an activating group) is 1. The Hall–Kier alpha value is -1.43. The molecule has 1 N–H and O–H groups in total. The summed E-state index contributed by atoms with van der Waals surface area (Å²) in [6.45, 7) is 8.66. The van der Waals surface area contributed by atoms with Crippen LogP contribution >= 0.6 is 0 Å². The molecule has 0 atom stereocenters. The molecule has 0 amide bonds. The smallest absolute Gasteiger partial charge is 0.310 e. The summed E-state index contributed by atoms with van der Waals surface area (Å²) in [5.74, 6) is 1.16. The second-order valence-electron chi connectivity index (χ2n) is 5.84. The molecular weight excluding hydrogens is 264 g/mol. The quantitative estimate of drug-likeness (QED) is 0.671. The molecule has 5 nitrogen and oxygen atoms in total. The number of benzene rings is 1. The number of para-hydroxylation sites is 2. The summed E-state index contributed by atoms with van der Waals surface area (Å²) in [4.78, 5) is 4.94. The number of fused-ring (bicyclic) bond motifs is 1. The van der Waals surface area contributed by atoms with Gasteiger partial charge in [0, 0.05) is 19.7 Å². The lowest BCUT2D eigenvalue weighted by Gasteiger charge is -2.36. The van der Waals surface area contributed by atoms with Gasteiger partial charge in [0.2, 0.25) is 0 Å².